The van der Waals surface area contributed by atoms with E-state index in [1.54, 1.807) is 0 Å². The lowest BCUT2D eigenvalue weighted by atomic mass is 9.79. The molecule has 2 heteroatoms. The summed E-state index contributed by atoms with van der Waals surface area (Å²) in [6, 6.07) is 8.72. The van der Waals surface area contributed by atoms with Crippen molar-refractivity contribution in [3.8, 4) is 0 Å². The summed E-state index contributed by atoms with van der Waals surface area (Å²) in [5.74, 6) is 1.74. The molecule has 0 aromatic heterocycles. The van der Waals surface area contributed by atoms with Crippen LogP contribution in [0.3, 0.4) is 0 Å². The van der Waals surface area contributed by atoms with E-state index in [2.05, 4.69) is 29.6 Å². The number of piperidine rings is 1. The zero-order valence-corrected chi connectivity index (χ0v) is 12.9. The van der Waals surface area contributed by atoms with Crippen LogP contribution in [0.5, 0.6) is 0 Å². The molecule has 21 heavy (non-hydrogen) atoms. The maximum absolute atomic E-state index is 12.3. The normalized spacial score (nSPS) is 22.8. The topological polar surface area (TPSA) is 29.1 Å². The van der Waals surface area contributed by atoms with Crippen molar-refractivity contribution in [3.05, 3.63) is 35.4 Å². The van der Waals surface area contributed by atoms with Crippen molar-refractivity contribution in [2.24, 2.45) is 5.92 Å². The minimum Gasteiger partial charge on any atom is -0.317 e. The molecule has 1 aliphatic heterocycles. The Kier molecular flexibility index (Phi) is 5.08. The van der Waals surface area contributed by atoms with Gasteiger partial charge in [0.15, 0.2) is 0 Å². The van der Waals surface area contributed by atoms with Crippen LogP contribution in [0.2, 0.25) is 0 Å². The van der Waals surface area contributed by atoms with Crippen LogP contribution in [0.25, 0.3) is 0 Å². The molecule has 1 heterocycles. The first-order valence-corrected chi connectivity index (χ1v) is 8.63. The number of aryl methyl sites for hydroxylation is 1. The summed E-state index contributed by atoms with van der Waals surface area (Å²) in [5.41, 5.74) is 2.92. The molecule has 1 N–H and O–H groups in total. The molecule has 114 valence electrons. The van der Waals surface area contributed by atoms with Crippen LogP contribution in [0.4, 0.5) is 0 Å². The van der Waals surface area contributed by atoms with E-state index >= 15 is 0 Å². The van der Waals surface area contributed by atoms with E-state index in [4.69, 9.17) is 0 Å². The number of fused-ring (bicyclic) bond motifs is 1. The number of Topliss-reactive ketones (excluding diaryl/α,β-unsaturated/α-hetero) is 1. The Morgan fingerprint density at radius 3 is 2.81 bits per heavy atom. The van der Waals surface area contributed by atoms with Gasteiger partial charge in [0, 0.05) is 12.8 Å². The van der Waals surface area contributed by atoms with Crippen LogP contribution in [-0.4, -0.2) is 18.9 Å². The van der Waals surface area contributed by atoms with E-state index in [9.17, 15) is 4.79 Å². The maximum atomic E-state index is 12.3. The molecule has 0 radical (unpaired) electrons. The molecule has 3 rings (SSSR count). The van der Waals surface area contributed by atoms with Gasteiger partial charge in [-0.1, -0.05) is 24.3 Å². The van der Waals surface area contributed by atoms with Crippen molar-refractivity contribution in [3.63, 3.8) is 0 Å². The molecule has 2 aliphatic rings. The first-order valence-electron chi connectivity index (χ1n) is 8.63. The van der Waals surface area contributed by atoms with Gasteiger partial charge in [-0.2, -0.15) is 0 Å². The van der Waals surface area contributed by atoms with Crippen molar-refractivity contribution in [2.75, 3.05) is 13.1 Å². The summed E-state index contributed by atoms with van der Waals surface area (Å²) in [6.07, 6.45) is 8.79. The summed E-state index contributed by atoms with van der Waals surface area (Å²) in [5, 5.41) is 3.39. The van der Waals surface area contributed by atoms with Gasteiger partial charge in [0.05, 0.1) is 0 Å². The lowest BCUT2D eigenvalue weighted by Gasteiger charge is -2.25. The molecule has 1 unspecified atom stereocenters. The number of carbonyl (C=O) groups is 1. The Hall–Kier alpha value is -1.15. The monoisotopic (exact) mass is 285 g/mol. The van der Waals surface area contributed by atoms with E-state index in [0.29, 0.717) is 11.7 Å². The maximum Gasteiger partial charge on any atom is 0.133 e. The average molecular weight is 285 g/mol. The molecule has 1 aromatic carbocycles. The smallest absolute Gasteiger partial charge is 0.133 e. The van der Waals surface area contributed by atoms with Gasteiger partial charge in [-0.3, -0.25) is 4.79 Å². The van der Waals surface area contributed by atoms with Crippen molar-refractivity contribution in [1.29, 1.82) is 0 Å². The van der Waals surface area contributed by atoms with Crippen molar-refractivity contribution in [1.82, 2.24) is 5.32 Å². The van der Waals surface area contributed by atoms with Gasteiger partial charge in [0.2, 0.25) is 0 Å². The molecule has 0 saturated carbocycles. The highest BCUT2D eigenvalue weighted by Gasteiger charge is 2.22. The van der Waals surface area contributed by atoms with Gasteiger partial charge in [-0.15, -0.1) is 0 Å². The number of carbonyl (C=O) groups excluding carboxylic acids is 1. The number of nitrogens with one attached hydrogen (secondary N) is 1. The van der Waals surface area contributed by atoms with Gasteiger partial charge >= 0.3 is 0 Å². The molecule has 1 aliphatic carbocycles. The van der Waals surface area contributed by atoms with Crippen molar-refractivity contribution >= 4 is 5.78 Å². The third-order valence-electron chi connectivity index (χ3n) is 5.26. The highest BCUT2D eigenvalue weighted by Crippen LogP contribution is 2.34. The van der Waals surface area contributed by atoms with E-state index < -0.39 is 0 Å². The van der Waals surface area contributed by atoms with Gasteiger partial charge in [-0.25, -0.2) is 0 Å². The first kappa shape index (κ1) is 14.8. The lowest BCUT2D eigenvalue weighted by molar-refractivity contribution is -0.119. The van der Waals surface area contributed by atoms with Crippen molar-refractivity contribution in [2.45, 2.75) is 57.3 Å². The van der Waals surface area contributed by atoms with Crippen LogP contribution in [0, 0.1) is 5.92 Å². The highest BCUT2D eigenvalue weighted by molar-refractivity contribution is 5.79. The Labute approximate surface area is 128 Å². The Morgan fingerprint density at radius 2 is 1.95 bits per heavy atom. The highest BCUT2D eigenvalue weighted by atomic mass is 16.1. The first-order chi connectivity index (χ1) is 10.3. The SMILES string of the molecule is O=C(CCC1CCNCC1)CC1CCCc2ccccc21. The van der Waals surface area contributed by atoms with Crippen LogP contribution >= 0.6 is 0 Å². The second-order valence-electron chi connectivity index (χ2n) is 6.76. The summed E-state index contributed by atoms with van der Waals surface area (Å²) >= 11 is 0. The van der Waals surface area contributed by atoms with E-state index in [0.717, 1.165) is 38.3 Å². The second kappa shape index (κ2) is 7.22. The van der Waals surface area contributed by atoms with Gasteiger partial charge in [0.25, 0.3) is 0 Å². The Balaban J connectivity index is 1.51. The fourth-order valence-corrected chi connectivity index (χ4v) is 3.98. The van der Waals surface area contributed by atoms with Crippen LogP contribution < -0.4 is 5.32 Å². The Bertz CT molecular complexity index is 476. The second-order valence-corrected chi connectivity index (χ2v) is 6.76. The predicted octanol–water partition coefficient (Wildman–Crippen LogP) is 3.85. The number of rotatable bonds is 5. The lowest BCUT2D eigenvalue weighted by Crippen LogP contribution is -2.28. The number of hydrogen-bond acceptors (Lipinski definition) is 2. The zero-order valence-electron chi connectivity index (χ0n) is 12.9. The number of ketones is 1. The number of benzene rings is 1. The molecule has 0 spiro atoms. The zero-order chi connectivity index (χ0) is 14.5. The van der Waals surface area contributed by atoms with Crippen LogP contribution in [0.15, 0.2) is 24.3 Å². The molecule has 1 saturated heterocycles. The average Bonchev–Trinajstić information content (AvgIpc) is 2.54. The number of hydrogen-bond donors (Lipinski definition) is 1. The van der Waals surface area contributed by atoms with Gasteiger partial charge in [-0.05, 0) is 74.6 Å². The third-order valence-corrected chi connectivity index (χ3v) is 5.26. The summed E-state index contributed by atoms with van der Waals surface area (Å²) in [7, 11) is 0. The fraction of sp³-hybridized carbons (Fsp3) is 0.632. The molecular formula is C19H27NO. The molecule has 1 fully saturated rings. The third kappa shape index (κ3) is 3.94. The van der Waals surface area contributed by atoms with E-state index in [-0.39, 0.29) is 0 Å². The summed E-state index contributed by atoms with van der Waals surface area (Å²) < 4.78 is 0. The molecule has 0 bridgehead atoms. The molecule has 1 atom stereocenters. The quantitative estimate of drug-likeness (QED) is 0.890. The summed E-state index contributed by atoms with van der Waals surface area (Å²) in [4.78, 5) is 12.3. The van der Waals surface area contributed by atoms with E-state index in [1.807, 2.05) is 0 Å². The van der Waals surface area contributed by atoms with Crippen LogP contribution in [-0.2, 0) is 11.2 Å². The van der Waals surface area contributed by atoms with Crippen molar-refractivity contribution < 1.29 is 4.79 Å². The standard InChI is InChI=1S/C19H27NO/c21-18(9-8-15-10-12-20-13-11-15)14-17-6-3-5-16-4-1-2-7-19(16)17/h1-2,4,7,15,17,20H,3,5-6,8-14H2. The minimum atomic E-state index is 0.482. The predicted molar refractivity (Wildman–Crippen MR) is 86.6 cm³/mol. The largest absolute Gasteiger partial charge is 0.317 e. The molecule has 1 aromatic rings. The van der Waals surface area contributed by atoms with Crippen LogP contribution in [0.1, 0.15) is 62.0 Å². The fourth-order valence-electron chi connectivity index (χ4n) is 3.98. The minimum absolute atomic E-state index is 0.482. The molecular weight excluding hydrogens is 258 g/mol. The van der Waals surface area contributed by atoms with E-state index in [1.165, 1.54) is 43.2 Å². The van der Waals surface area contributed by atoms with Gasteiger partial charge in [0.1, 0.15) is 5.78 Å². The Morgan fingerprint density at radius 1 is 1.14 bits per heavy atom. The van der Waals surface area contributed by atoms with Gasteiger partial charge < -0.3 is 5.32 Å². The molecule has 0 amide bonds. The molecule has 2 nitrogen and oxygen atoms in total. The summed E-state index contributed by atoms with van der Waals surface area (Å²) in [6.45, 7) is 2.27.